The number of benzene rings is 1. The third-order valence-electron chi connectivity index (χ3n) is 3.09. The second-order valence-electron chi connectivity index (χ2n) is 4.50. The molecule has 2 aromatic rings. The van der Waals surface area contributed by atoms with Gasteiger partial charge in [0, 0.05) is 12.6 Å². The van der Waals surface area contributed by atoms with Gasteiger partial charge in [0.25, 0.3) is 0 Å². The molecule has 0 aliphatic carbocycles. The van der Waals surface area contributed by atoms with Gasteiger partial charge in [-0.05, 0) is 48.7 Å². The molecule has 3 heteroatoms. The summed E-state index contributed by atoms with van der Waals surface area (Å²) in [6.07, 6.45) is 1.33. The molecule has 0 saturated carbocycles. The number of rotatable bonds is 3. The number of aromatic nitrogens is 1. The van der Waals surface area contributed by atoms with E-state index >= 15 is 0 Å². The lowest BCUT2D eigenvalue weighted by molar-refractivity contribution is 0.172. The average molecular weight is 245 g/mol. The maximum absolute atomic E-state index is 13.2. The van der Waals surface area contributed by atoms with Gasteiger partial charge in [0.15, 0.2) is 0 Å². The maximum atomic E-state index is 13.2. The summed E-state index contributed by atoms with van der Waals surface area (Å²) in [4.78, 5) is 4.18. The molecule has 0 amide bonds. The van der Waals surface area contributed by atoms with Gasteiger partial charge in [-0.2, -0.15) is 0 Å². The number of nitrogens with zero attached hydrogens (tertiary/aromatic N) is 1. The van der Waals surface area contributed by atoms with E-state index in [1.54, 1.807) is 12.3 Å². The molecule has 0 aliphatic rings. The summed E-state index contributed by atoms with van der Waals surface area (Å²) in [5.74, 6) is -0.277. The molecule has 1 aromatic carbocycles. The third-order valence-corrected chi connectivity index (χ3v) is 3.09. The van der Waals surface area contributed by atoms with Crippen LogP contribution in [0.15, 0.2) is 36.5 Å². The minimum absolute atomic E-state index is 0.277. The zero-order chi connectivity index (χ0) is 13.1. The second kappa shape index (κ2) is 5.27. The SMILES string of the molecule is Cc1ccc(F)cc1CC(O)c1ncccc1C. The number of aryl methyl sites for hydroxylation is 2. The fourth-order valence-electron chi connectivity index (χ4n) is 2.01. The van der Waals surface area contributed by atoms with E-state index in [0.29, 0.717) is 12.1 Å². The van der Waals surface area contributed by atoms with Crippen molar-refractivity contribution in [2.45, 2.75) is 26.4 Å². The fraction of sp³-hybridized carbons (Fsp3) is 0.267. The Labute approximate surface area is 106 Å². The molecule has 0 aliphatic heterocycles. The standard InChI is InChI=1S/C15H16FNO/c1-10-5-6-13(16)8-12(10)9-14(18)15-11(2)4-3-7-17-15/h3-8,14,18H,9H2,1-2H3. The highest BCUT2D eigenvalue weighted by Crippen LogP contribution is 2.21. The second-order valence-corrected chi connectivity index (χ2v) is 4.50. The van der Waals surface area contributed by atoms with E-state index in [-0.39, 0.29) is 5.82 Å². The Balaban J connectivity index is 2.24. The molecular formula is C15H16FNO. The number of aliphatic hydroxyl groups excluding tert-OH is 1. The topological polar surface area (TPSA) is 33.1 Å². The van der Waals surface area contributed by atoms with Crippen LogP contribution in [-0.4, -0.2) is 10.1 Å². The molecule has 0 fully saturated rings. The number of hydrogen-bond acceptors (Lipinski definition) is 2. The highest BCUT2D eigenvalue weighted by molar-refractivity contribution is 5.29. The first kappa shape index (κ1) is 12.7. The summed E-state index contributed by atoms with van der Waals surface area (Å²) in [6.45, 7) is 3.82. The van der Waals surface area contributed by atoms with E-state index in [0.717, 1.165) is 16.7 Å². The van der Waals surface area contributed by atoms with Crippen LogP contribution in [0.1, 0.15) is 28.5 Å². The van der Waals surface area contributed by atoms with Crippen molar-refractivity contribution in [2.75, 3.05) is 0 Å². The monoisotopic (exact) mass is 245 g/mol. The molecule has 0 bridgehead atoms. The van der Waals surface area contributed by atoms with Gasteiger partial charge in [-0.15, -0.1) is 0 Å². The highest BCUT2D eigenvalue weighted by Gasteiger charge is 2.14. The molecular weight excluding hydrogens is 229 g/mol. The Morgan fingerprint density at radius 3 is 2.72 bits per heavy atom. The van der Waals surface area contributed by atoms with E-state index in [1.807, 2.05) is 26.0 Å². The quantitative estimate of drug-likeness (QED) is 0.901. The average Bonchev–Trinajstić information content (AvgIpc) is 2.34. The van der Waals surface area contributed by atoms with E-state index in [9.17, 15) is 9.50 Å². The lowest BCUT2D eigenvalue weighted by Gasteiger charge is -2.14. The van der Waals surface area contributed by atoms with E-state index in [1.165, 1.54) is 12.1 Å². The first-order chi connectivity index (χ1) is 8.58. The van der Waals surface area contributed by atoms with Gasteiger partial charge in [0.05, 0.1) is 5.69 Å². The van der Waals surface area contributed by atoms with Crippen LogP contribution < -0.4 is 0 Å². The van der Waals surface area contributed by atoms with Crippen LogP contribution >= 0.6 is 0 Å². The van der Waals surface area contributed by atoms with Crippen LogP contribution in [-0.2, 0) is 6.42 Å². The Morgan fingerprint density at radius 2 is 2.00 bits per heavy atom. The van der Waals surface area contributed by atoms with E-state index in [4.69, 9.17) is 0 Å². The predicted molar refractivity (Wildman–Crippen MR) is 68.8 cm³/mol. The van der Waals surface area contributed by atoms with Crippen LogP contribution in [0.2, 0.25) is 0 Å². The van der Waals surface area contributed by atoms with Crippen molar-refractivity contribution < 1.29 is 9.50 Å². The molecule has 0 spiro atoms. The van der Waals surface area contributed by atoms with Gasteiger partial charge in [0.2, 0.25) is 0 Å². The minimum Gasteiger partial charge on any atom is -0.386 e. The molecule has 2 rings (SSSR count). The lowest BCUT2D eigenvalue weighted by Crippen LogP contribution is -2.07. The van der Waals surface area contributed by atoms with Gasteiger partial charge in [0.1, 0.15) is 11.9 Å². The number of pyridine rings is 1. The zero-order valence-corrected chi connectivity index (χ0v) is 10.5. The van der Waals surface area contributed by atoms with Crippen LogP contribution in [0.5, 0.6) is 0 Å². The smallest absolute Gasteiger partial charge is 0.123 e. The van der Waals surface area contributed by atoms with Crippen molar-refractivity contribution >= 4 is 0 Å². The van der Waals surface area contributed by atoms with Gasteiger partial charge in [-0.3, -0.25) is 4.98 Å². The molecule has 18 heavy (non-hydrogen) atoms. The molecule has 1 aromatic heterocycles. The number of aliphatic hydroxyl groups is 1. The van der Waals surface area contributed by atoms with Gasteiger partial charge in [-0.1, -0.05) is 12.1 Å². The fourth-order valence-corrected chi connectivity index (χ4v) is 2.01. The Bertz CT molecular complexity index is 554. The van der Waals surface area contributed by atoms with E-state index < -0.39 is 6.10 Å². The largest absolute Gasteiger partial charge is 0.386 e. The Kier molecular flexibility index (Phi) is 3.72. The summed E-state index contributed by atoms with van der Waals surface area (Å²) in [5.41, 5.74) is 3.39. The van der Waals surface area contributed by atoms with Gasteiger partial charge in [-0.25, -0.2) is 4.39 Å². The molecule has 0 saturated heterocycles. The molecule has 2 nitrogen and oxygen atoms in total. The first-order valence-corrected chi connectivity index (χ1v) is 5.92. The molecule has 1 unspecified atom stereocenters. The van der Waals surface area contributed by atoms with Crippen molar-refractivity contribution in [3.63, 3.8) is 0 Å². The summed E-state index contributed by atoms with van der Waals surface area (Å²) in [5, 5.41) is 10.2. The molecule has 1 heterocycles. The van der Waals surface area contributed by atoms with E-state index in [2.05, 4.69) is 4.98 Å². The lowest BCUT2D eigenvalue weighted by atomic mass is 9.99. The van der Waals surface area contributed by atoms with Gasteiger partial charge < -0.3 is 5.11 Å². The van der Waals surface area contributed by atoms with Gasteiger partial charge >= 0.3 is 0 Å². The Hall–Kier alpha value is -1.74. The summed E-state index contributed by atoms with van der Waals surface area (Å²) < 4.78 is 13.2. The van der Waals surface area contributed by atoms with Crippen molar-refractivity contribution in [3.05, 3.63) is 64.7 Å². The van der Waals surface area contributed by atoms with Crippen molar-refractivity contribution in [1.82, 2.24) is 4.98 Å². The highest BCUT2D eigenvalue weighted by atomic mass is 19.1. The zero-order valence-electron chi connectivity index (χ0n) is 10.5. The van der Waals surface area contributed by atoms with Crippen LogP contribution in [0.3, 0.4) is 0 Å². The van der Waals surface area contributed by atoms with Crippen LogP contribution in [0, 0.1) is 19.7 Å². The third kappa shape index (κ3) is 2.74. The van der Waals surface area contributed by atoms with Crippen molar-refractivity contribution in [1.29, 1.82) is 0 Å². The Morgan fingerprint density at radius 1 is 1.22 bits per heavy atom. The van der Waals surface area contributed by atoms with Crippen molar-refractivity contribution in [3.8, 4) is 0 Å². The van der Waals surface area contributed by atoms with Crippen LogP contribution in [0.25, 0.3) is 0 Å². The summed E-state index contributed by atoms with van der Waals surface area (Å²) in [7, 11) is 0. The normalized spacial score (nSPS) is 12.4. The predicted octanol–water partition coefficient (Wildman–Crippen LogP) is 3.11. The number of hydrogen-bond donors (Lipinski definition) is 1. The summed E-state index contributed by atoms with van der Waals surface area (Å²) in [6, 6.07) is 8.36. The molecule has 94 valence electrons. The molecule has 1 N–H and O–H groups in total. The van der Waals surface area contributed by atoms with Crippen LogP contribution in [0.4, 0.5) is 4.39 Å². The molecule has 0 radical (unpaired) electrons. The minimum atomic E-state index is -0.702. The summed E-state index contributed by atoms with van der Waals surface area (Å²) >= 11 is 0. The first-order valence-electron chi connectivity index (χ1n) is 5.92. The van der Waals surface area contributed by atoms with Crippen molar-refractivity contribution in [2.24, 2.45) is 0 Å². The number of halogens is 1. The maximum Gasteiger partial charge on any atom is 0.123 e. The molecule has 1 atom stereocenters.